The molecule has 4 rings (SSSR count). The summed E-state index contributed by atoms with van der Waals surface area (Å²) in [7, 11) is -2.98. The normalized spacial score (nSPS) is 25.0. The molecule has 2 atom stereocenters. The number of carbonyl (C=O) groups excluding carboxylic acids is 1. The van der Waals surface area contributed by atoms with E-state index in [0.717, 1.165) is 28.2 Å². The number of nitrogens with zero attached hydrogens (tertiary/aromatic N) is 3. The Morgan fingerprint density at radius 1 is 1.23 bits per heavy atom. The Labute approximate surface area is 156 Å². The van der Waals surface area contributed by atoms with Crippen LogP contribution in [0.25, 0.3) is 0 Å². The monoisotopic (exact) mass is 395 g/mol. The average Bonchev–Trinajstić information content (AvgIpc) is 3.15. The standard InChI is InChI=1S/C16H21N5O3S2/c1-8-14-15(25-6-12(22)17-16(14)19-18-8)13-9(2)20-21(10(13)3)11-4-5-26(23,24)7-11/h11,15H,4-7H2,1-3H3,(H2,17,18,19,22)/t11-,15-/m1/s1. The highest BCUT2D eigenvalue weighted by molar-refractivity contribution is 8.00. The predicted molar refractivity (Wildman–Crippen MR) is 100 cm³/mol. The lowest BCUT2D eigenvalue weighted by Crippen LogP contribution is -2.14. The summed E-state index contributed by atoms with van der Waals surface area (Å²) in [6.07, 6.45) is 0.595. The second-order valence-corrected chi connectivity index (χ2v) is 10.3. The number of anilines is 1. The molecule has 10 heteroatoms. The molecule has 0 aliphatic carbocycles. The largest absolute Gasteiger partial charge is 0.308 e. The molecule has 1 amide bonds. The van der Waals surface area contributed by atoms with Gasteiger partial charge in [-0.2, -0.15) is 10.2 Å². The molecule has 1 fully saturated rings. The summed E-state index contributed by atoms with van der Waals surface area (Å²) in [6.45, 7) is 5.86. The fraction of sp³-hybridized carbons (Fsp3) is 0.562. The molecule has 0 radical (unpaired) electrons. The first-order valence-electron chi connectivity index (χ1n) is 8.49. The Morgan fingerprint density at radius 2 is 2.00 bits per heavy atom. The van der Waals surface area contributed by atoms with Gasteiger partial charge in [0, 0.05) is 22.5 Å². The molecule has 8 nitrogen and oxygen atoms in total. The molecule has 2 aromatic heterocycles. The topological polar surface area (TPSA) is 110 Å². The highest BCUT2D eigenvalue weighted by Gasteiger charge is 2.35. The van der Waals surface area contributed by atoms with Crippen LogP contribution in [0.15, 0.2) is 0 Å². The van der Waals surface area contributed by atoms with Crippen LogP contribution in [-0.4, -0.2) is 51.6 Å². The van der Waals surface area contributed by atoms with Gasteiger partial charge in [-0.3, -0.25) is 14.6 Å². The second-order valence-electron chi connectivity index (χ2n) is 6.94. The number of carbonyl (C=O) groups is 1. The molecule has 2 aliphatic rings. The first-order valence-corrected chi connectivity index (χ1v) is 11.4. The molecule has 2 N–H and O–H groups in total. The number of nitrogens with one attached hydrogen (secondary N) is 2. The zero-order valence-electron chi connectivity index (χ0n) is 14.9. The molecule has 0 unspecified atom stereocenters. The predicted octanol–water partition coefficient (Wildman–Crippen LogP) is 1.67. The second kappa shape index (κ2) is 6.12. The number of rotatable bonds is 2. The molecule has 26 heavy (non-hydrogen) atoms. The van der Waals surface area contributed by atoms with Gasteiger partial charge in [-0.05, 0) is 27.2 Å². The minimum Gasteiger partial charge on any atom is -0.308 e. The van der Waals surface area contributed by atoms with Crippen molar-refractivity contribution in [1.29, 1.82) is 0 Å². The van der Waals surface area contributed by atoms with Gasteiger partial charge in [-0.15, -0.1) is 11.8 Å². The third-order valence-electron chi connectivity index (χ3n) is 5.09. The van der Waals surface area contributed by atoms with Crippen LogP contribution in [0.2, 0.25) is 0 Å². The Morgan fingerprint density at radius 3 is 2.69 bits per heavy atom. The van der Waals surface area contributed by atoms with Gasteiger partial charge in [0.25, 0.3) is 0 Å². The van der Waals surface area contributed by atoms with Crippen LogP contribution < -0.4 is 5.32 Å². The Balaban J connectivity index is 1.79. The number of thioether (sulfide) groups is 1. The van der Waals surface area contributed by atoms with Crippen molar-refractivity contribution in [3.63, 3.8) is 0 Å². The van der Waals surface area contributed by atoms with E-state index in [1.165, 1.54) is 0 Å². The first-order chi connectivity index (χ1) is 12.3. The van der Waals surface area contributed by atoms with Crippen LogP contribution >= 0.6 is 11.8 Å². The number of H-pyrrole nitrogens is 1. The summed E-state index contributed by atoms with van der Waals surface area (Å²) < 4.78 is 25.6. The number of amides is 1. The number of aromatic nitrogens is 4. The van der Waals surface area contributed by atoms with E-state index in [1.54, 1.807) is 11.8 Å². The van der Waals surface area contributed by atoms with E-state index in [-0.39, 0.29) is 28.7 Å². The lowest BCUT2D eigenvalue weighted by atomic mass is 10.0. The smallest absolute Gasteiger partial charge is 0.235 e. The minimum absolute atomic E-state index is 0.0742. The quantitative estimate of drug-likeness (QED) is 0.800. The summed E-state index contributed by atoms with van der Waals surface area (Å²) >= 11 is 1.55. The van der Waals surface area contributed by atoms with Crippen LogP contribution in [0.5, 0.6) is 0 Å². The maximum absolute atomic E-state index is 12.0. The number of aryl methyl sites for hydroxylation is 2. The van der Waals surface area contributed by atoms with Gasteiger partial charge in [-0.1, -0.05) is 0 Å². The maximum atomic E-state index is 12.0. The minimum atomic E-state index is -2.98. The van der Waals surface area contributed by atoms with E-state index in [0.29, 0.717) is 18.0 Å². The van der Waals surface area contributed by atoms with Gasteiger partial charge >= 0.3 is 0 Å². The third-order valence-corrected chi connectivity index (χ3v) is 8.08. The fourth-order valence-corrected chi connectivity index (χ4v) is 6.92. The van der Waals surface area contributed by atoms with Crippen molar-refractivity contribution in [3.8, 4) is 0 Å². The van der Waals surface area contributed by atoms with Crippen molar-refractivity contribution in [1.82, 2.24) is 20.0 Å². The molecule has 4 heterocycles. The van der Waals surface area contributed by atoms with Crippen molar-refractivity contribution in [3.05, 3.63) is 28.2 Å². The molecule has 0 saturated carbocycles. The SMILES string of the molecule is Cc1nn([C@@H]2CCS(=O)(=O)C2)c(C)c1[C@H]1SCC(=O)Nc2n[nH]c(C)c21. The lowest BCUT2D eigenvalue weighted by Gasteiger charge is -2.17. The van der Waals surface area contributed by atoms with Crippen molar-refractivity contribution in [2.75, 3.05) is 22.6 Å². The lowest BCUT2D eigenvalue weighted by molar-refractivity contribution is -0.113. The van der Waals surface area contributed by atoms with Gasteiger partial charge in [0.2, 0.25) is 5.91 Å². The van der Waals surface area contributed by atoms with Gasteiger partial charge < -0.3 is 5.32 Å². The third kappa shape index (κ3) is 2.84. The number of aromatic amines is 1. The molecular formula is C16H21N5O3S2. The number of hydrogen-bond donors (Lipinski definition) is 2. The van der Waals surface area contributed by atoms with Crippen LogP contribution in [0, 0.1) is 20.8 Å². The molecule has 0 bridgehead atoms. The van der Waals surface area contributed by atoms with E-state index in [2.05, 4.69) is 20.6 Å². The van der Waals surface area contributed by atoms with Gasteiger partial charge in [0.15, 0.2) is 15.7 Å². The highest BCUT2D eigenvalue weighted by Crippen LogP contribution is 2.45. The van der Waals surface area contributed by atoms with E-state index >= 15 is 0 Å². The van der Waals surface area contributed by atoms with Crippen LogP contribution in [0.1, 0.15) is 45.9 Å². The van der Waals surface area contributed by atoms with Crippen molar-refractivity contribution < 1.29 is 13.2 Å². The van der Waals surface area contributed by atoms with Gasteiger partial charge in [0.05, 0.1) is 34.2 Å². The van der Waals surface area contributed by atoms with Crippen LogP contribution in [0.3, 0.4) is 0 Å². The van der Waals surface area contributed by atoms with Crippen molar-refractivity contribution >= 4 is 33.3 Å². The molecule has 140 valence electrons. The Bertz CT molecular complexity index is 992. The average molecular weight is 396 g/mol. The number of hydrogen-bond acceptors (Lipinski definition) is 6. The van der Waals surface area contributed by atoms with Crippen LogP contribution in [-0.2, 0) is 14.6 Å². The first kappa shape index (κ1) is 17.6. The van der Waals surface area contributed by atoms with Crippen molar-refractivity contribution in [2.24, 2.45) is 0 Å². The molecule has 2 aromatic rings. The summed E-state index contributed by atoms with van der Waals surface area (Å²) in [5.74, 6) is 1.18. The van der Waals surface area contributed by atoms with E-state index in [9.17, 15) is 13.2 Å². The molecule has 1 saturated heterocycles. The Hall–Kier alpha value is -1.81. The van der Waals surface area contributed by atoms with E-state index in [1.807, 2.05) is 25.5 Å². The molecular weight excluding hydrogens is 374 g/mol. The summed E-state index contributed by atoms with van der Waals surface area (Å²) in [5.41, 5.74) is 4.75. The highest BCUT2D eigenvalue weighted by atomic mass is 32.2. The number of fused-ring (bicyclic) bond motifs is 1. The van der Waals surface area contributed by atoms with Gasteiger partial charge in [0.1, 0.15) is 0 Å². The zero-order chi connectivity index (χ0) is 18.6. The zero-order valence-corrected chi connectivity index (χ0v) is 16.5. The van der Waals surface area contributed by atoms with E-state index < -0.39 is 9.84 Å². The molecule has 0 spiro atoms. The van der Waals surface area contributed by atoms with Gasteiger partial charge in [-0.25, -0.2) is 8.42 Å². The summed E-state index contributed by atoms with van der Waals surface area (Å²) in [4.78, 5) is 12.0. The maximum Gasteiger partial charge on any atom is 0.235 e. The molecule has 2 aliphatic heterocycles. The fourth-order valence-electron chi connectivity index (χ4n) is 3.87. The van der Waals surface area contributed by atoms with Crippen LogP contribution in [0.4, 0.5) is 5.82 Å². The molecule has 0 aromatic carbocycles. The van der Waals surface area contributed by atoms with E-state index in [4.69, 9.17) is 0 Å². The Kier molecular flexibility index (Phi) is 4.14. The van der Waals surface area contributed by atoms with Crippen molar-refractivity contribution in [2.45, 2.75) is 38.5 Å². The summed E-state index contributed by atoms with van der Waals surface area (Å²) in [6, 6.07) is -0.118. The summed E-state index contributed by atoms with van der Waals surface area (Å²) in [5, 5.41) is 14.6. The number of sulfone groups is 1.